The first-order chi connectivity index (χ1) is 6.98. The van der Waals surface area contributed by atoms with Crippen molar-refractivity contribution in [1.82, 2.24) is 9.97 Å². The molecule has 0 fully saturated rings. The zero-order chi connectivity index (χ0) is 11.1. The van der Waals surface area contributed by atoms with Crippen molar-refractivity contribution in [3.8, 4) is 0 Å². The van der Waals surface area contributed by atoms with E-state index in [4.69, 9.17) is 5.73 Å². The Labute approximate surface area is 82.8 Å². The average Bonchev–Trinajstić information content (AvgIpc) is 2.15. The number of rotatable bonds is 0. The summed E-state index contributed by atoms with van der Waals surface area (Å²) in [7, 11) is 0. The van der Waals surface area contributed by atoms with Crippen molar-refractivity contribution in [1.29, 1.82) is 0 Å². The Morgan fingerprint density at radius 1 is 1.13 bits per heavy atom. The van der Waals surface area contributed by atoms with Crippen LogP contribution in [-0.2, 0) is 6.18 Å². The molecule has 0 atom stereocenters. The molecule has 2 N–H and O–H groups in total. The van der Waals surface area contributed by atoms with Gasteiger partial charge in [-0.1, -0.05) is 0 Å². The summed E-state index contributed by atoms with van der Waals surface area (Å²) in [6.45, 7) is 0. The van der Waals surface area contributed by atoms with Gasteiger partial charge in [-0.25, -0.2) is 9.97 Å². The highest BCUT2D eigenvalue weighted by molar-refractivity contribution is 5.83. The third-order valence-corrected chi connectivity index (χ3v) is 1.93. The molecule has 0 radical (unpaired) electrons. The van der Waals surface area contributed by atoms with Crippen molar-refractivity contribution in [2.24, 2.45) is 0 Å². The second-order valence-corrected chi connectivity index (χ2v) is 3.00. The van der Waals surface area contributed by atoms with Gasteiger partial charge in [-0.05, 0) is 18.2 Å². The van der Waals surface area contributed by atoms with Crippen LogP contribution in [-0.4, -0.2) is 9.97 Å². The Morgan fingerprint density at radius 3 is 2.53 bits per heavy atom. The maximum Gasteiger partial charge on any atom is 0.434 e. The van der Waals surface area contributed by atoms with Crippen LogP contribution in [0.25, 0.3) is 10.9 Å². The molecule has 0 amide bonds. The lowest BCUT2D eigenvalue weighted by atomic mass is 10.1. The highest BCUT2D eigenvalue weighted by atomic mass is 19.4. The minimum absolute atomic E-state index is 0.0424. The van der Waals surface area contributed by atoms with Gasteiger partial charge in [-0.15, -0.1) is 0 Å². The molecule has 1 aromatic carbocycles. The zero-order valence-corrected chi connectivity index (χ0v) is 7.42. The van der Waals surface area contributed by atoms with E-state index in [-0.39, 0.29) is 10.9 Å². The Morgan fingerprint density at radius 2 is 1.87 bits per heavy atom. The smallest absolute Gasteiger partial charge is 0.399 e. The molecule has 1 aromatic heterocycles. The molecule has 0 spiro atoms. The molecular formula is C9H6F3N3. The predicted molar refractivity (Wildman–Crippen MR) is 49.0 cm³/mol. The number of nitrogens with zero attached hydrogens (tertiary/aromatic N) is 2. The summed E-state index contributed by atoms with van der Waals surface area (Å²) in [5.41, 5.74) is 5.07. The quantitative estimate of drug-likeness (QED) is 0.682. The van der Waals surface area contributed by atoms with Crippen LogP contribution in [0.2, 0.25) is 0 Å². The summed E-state index contributed by atoms with van der Waals surface area (Å²) in [6.07, 6.45) is -3.60. The molecule has 0 saturated heterocycles. The van der Waals surface area contributed by atoms with Crippen LogP contribution in [0.4, 0.5) is 18.9 Å². The number of aromatic nitrogens is 2. The first kappa shape index (κ1) is 9.70. The second kappa shape index (κ2) is 3.08. The molecule has 0 aliphatic carbocycles. The second-order valence-electron chi connectivity index (χ2n) is 3.00. The van der Waals surface area contributed by atoms with Crippen LogP contribution in [0.3, 0.4) is 0 Å². The van der Waals surface area contributed by atoms with Crippen LogP contribution in [0, 0.1) is 0 Å². The third-order valence-electron chi connectivity index (χ3n) is 1.93. The average molecular weight is 213 g/mol. The van der Waals surface area contributed by atoms with Crippen molar-refractivity contribution in [2.75, 3.05) is 5.73 Å². The van der Waals surface area contributed by atoms with Crippen molar-refractivity contribution >= 4 is 16.6 Å². The SMILES string of the molecule is Nc1ccc2c(C(F)(F)F)ncnc2c1. The molecule has 1 heterocycles. The normalized spacial score (nSPS) is 11.9. The summed E-state index contributed by atoms with van der Waals surface area (Å²) in [6, 6.07) is 4.04. The molecule has 2 rings (SSSR count). The predicted octanol–water partition coefficient (Wildman–Crippen LogP) is 2.23. The summed E-state index contributed by atoms with van der Waals surface area (Å²) in [5.74, 6) is 0. The van der Waals surface area contributed by atoms with Crippen LogP contribution in [0.5, 0.6) is 0 Å². The van der Waals surface area contributed by atoms with Crippen LogP contribution in [0.1, 0.15) is 5.69 Å². The van der Waals surface area contributed by atoms with Crippen molar-refractivity contribution < 1.29 is 13.2 Å². The van der Waals surface area contributed by atoms with E-state index in [1.807, 2.05) is 0 Å². The first-order valence-corrected chi connectivity index (χ1v) is 4.06. The van der Waals surface area contributed by atoms with Gasteiger partial charge in [0.05, 0.1) is 5.52 Å². The minimum atomic E-state index is -4.47. The number of benzene rings is 1. The van der Waals surface area contributed by atoms with E-state index >= 15 is 0 Å². The van der Waals surface area contributed by atoms with Gasteiger partial charge in [0.1, 0.15) is 6.33 Å². The van der Waals surface area contributed by atoms with E-state index in [1.54, 1.807) is 0 Å². The molecule has 3 nitrogen and oxygen atoms in total. The molecule has 0 unspecified atom stereocenters. The van der Waals surface area contributed by atoms with E-state index in [9.17, 15) is 13.2 Å². The Bertz CT molecular complexity index is 507. The number of halogens is 3. The van der Waals surface area contributed by atoms with E-state index in [2.05, 4.69) is 9.97 Å². The number of nitrogens with two attached hydrogens (primary N) is 1. The highest BCUT2D eigenvalue weighted by Crippen LogP contribution is 2.32. The fourth-order valence-electron chi connectivity index (χ4n) is 1.30. The number of fused-ring (bicyclic) bond motifs is 1. The van der Waals surface area contributed by atoms with E-state index < -0.39 is 11.9 Å². The lowest BCUT2D eigenvalue weighted by Crippen LogP contribution is -2.09. The van der Waals surface area contributed by atoms with Gasteiger partial charge in [-0.2, -0.15) is 13.2 Å². The van der Waals surface area contributed by atoms with E-state index in [1.165, 1.54) is 18.2 Å². The molecule has 0 saturated carbocycles. The molecule has 0 bridgehead atoms. The van der Waals surface area contributed by atoms with Gasteiger partial charge in [0.25, 0.3) is 0 Å². The number of anilines is 1. The molecular weight excluding hydrogens is 207 g/mol. The van der Waals surface area contributed by atoms with Crippen LogP contribution >= 0.6 is 0 Å². The monoisotopic (exact) mass is 213 g/mol. The van der Waals surface area contributed by atoms with Crippen LogP contribution < -0.4 is 5.73 Å². The molecule has 6 heteroatoms. The van der Waals surface area contributed by atoms with E-state index in [0.29, 0.717) is 5.69 Å². The highest BCUT2D eigenvalue weighted by Gasteiger charge is 2.34. The zero-order valence-electron chi connectivity index (χ0n) is 7.42. The van der Waals surface area contributed by atoms with Crippen molar-refractivity contribution in [3.05, 3.63) is 30.2 Å². The topological polar surface area (TPSA) is 51.8 Å². The Balaban J connectivity index is 2.77. The molecule has 78 valence electrons. The number of hydrogen-bond donors (Lipinski definition) is 1. The molecule has 0 aliphatic heterocycles. The molecule has 0 aliphatic rings. The summed E-state index contributed by atoms with van der Waals surface area (Å²) >= 11 is 0. The summed E-state index contributed by atoms with van der Waals surface area (Å²) in [5, 5.41) is -0.0424. The summed E-state index contributed by atoms with van der Waals surface area (Å²) in [4.78, 5) is 6.96. The fraction of sp³-hybridized carbons (Fsp3) is 0.111. The largest absolute Gasteiger partial charge is 0.434 e. The Kier molecular flexibility index (Phi) is 1.99. The lowest BCUT2D eigenvalue weighted by Gasteiger charge is -2.08. The van der Waals surface area contributed by atoms with Gasteiger partial charge in [-0.3, -0.25) is 0 Å². The Hall–Kier alpha value is -1.85. The van der Waals surface area contributed by atoms with Gasteiger partial charge >= 0.3 is 6.18 Å². The number of nitrogen functional groups attached to an aromatic ring is 1. The maximum absolute atomic E-state index is 12.5. The minimum Gasteiger partial charge on any atom is -0.399 e. The van der Waals surface area contributed by atoms with Gasteiger partial charge in [0, 0.05) is 11.1 Å². The van der Waals surface area contributed by atoms with Gasteiger partial charge < -0.3 is 5.73 Å². The first-order valence-electron chi connectivity index (χ1n) is 4.06. The standard InChI is InChI=1S/C9H6F3N3/c10-9(11,12)8-6-2-1-5(13)3-7(6)14-4-15-8/h1-4H,13H2. The summed E-state index contributed by atoms with van der Waals surface area (Å²) < 4.78 is 37.5. The maximum atomic E-state index is 12.5. The number of alkyl halides is 3. The van der Waals surface area contributed by atoms with E-state index in [0.717, 1.165) is 6.33 Å². The molecule has 15 heavy (non-hydrogen) atoms. The molecule has 2 aromatic rings. The third kappa shape index (κ3) is 1.70. The van der Waals surface area contributed by atoms with Gasteiger partial charge in [0.2, 0.25) is 0 Å². The van der Waals surface area contributed by atoms with Gasteiger partial charge in [0.15, 0.2) is 5.69 Å². The fourth-order valence-corrected chi connectivity index (χ4v) is 1.30. The number of hydrogen-bond acceptors (Lipinski definition) is 3. The lowest BCUT2D eigenvalue weighted by molar-refractivity contribution is -0.139. The van der Waals surface area contributed by atoms with Crippen molar-refractivity contribution in [2.45, 2.75) is 6.18 Å². The van der Waals surface area contributed by atoms with Crippen LogP contribution in [0.15, 0.2) is 24.5 Å². The van der Waals surface area contributed by atoms with Crippen molar-refractivity contribution in [3.63, 3.8) is 0 Å².